The van der Waals surface area contributed by atoms with Crippen LogP contribution < -0.4 is 4.74 Å². The Balaban J connectivity index is 1.93. The first-order chi connectivity index (χ1) is 10.2. The molecule has 0 aliphatic carbocycles. The van der Waals surface area contributed by atoms with E-state index in [0.29, 0.717) is 30.1 Å². The van der Waals surface area contributed by atoms with E-state index in [9.17, 15) is 9.59 Å². The fourth-order valence-electron chi connectivity index (χ4n) is 1.76. The van der Waals surface area contributed by atoms with E-state index in [1.165, 1.54) is 0 Å². The zero-order valence-corrected chi connectivity index (χ0v) is 11.7. The minimum atomic E-state index is -0.339. The van der Waals surface area contributed by atoms with Crippen molar-refractivity contribution in [2.75, 3.05) is 6.61 Å². The number of hydrogen-bond acceptors (Lipinski definition) is 4. The number of rotatable bonds is 6. The lowest BCUT2D eigenvalue weighted by Crippen LogP contribution is -2.04. The van der Waals surface area contributed by atoms with Crippen LogP contribution in [0.3, 0.4) is 0 Å². The number of esters is 1. The molecule has 0 amide bonds. The van der Waals surface area contributed by atoms with Crippen LogP contribution in [0.1, 0.15) is 33.2 Å². The maximum Gasteiger partial charge on any atom is 0.338 e. The highest BCUT2D eigenvalue weighted by Crippen LogP contribution is 2.15. The fourth-order valence-corrected chi connectivity index (χ4v) is 1.76. The molecule has 21 heavy (non-hydrogen) atoms. The minimum absolute atomic E-state index is 0.339. The van der Waals surface area contributed by atoms with E-state index in [1.54, 1.807) is 43.3 Å². The van der Waals surface area contributed by atoms with Gasteiger partial charge in [-0.05, 0) is 36.8 Å². The summed E-state index contributed by atoms with van der Waals surface area (Å²) in [5.74, 6) is 0.330. The Kier molecular flexibility index (Phi) is 5.10. The standard InChI is InChI=1S/C17H16O4/c1-2-20-17(19)15-7-9-16(10-8-15)21-12-14-5-3-13(11-18)4-6-14/h3-11H,2,12H2,1H3. The summed E-state index contributed by atoms with van der Waals surface area (Å²) in [4.78, 5) is 22.1. The summed E-state index contributed by atoms with van der Waals surface area (Å²) >= 11 is 0. The monoisotopic (exact) mass is 284 g/mol. The molecule has 0 saturated carbocycles. The van der Waals surface area contributed by atoms with Crippen LogP contribution in [-0.4, -0.2) is 18.9 Å². The average molecular weight is 284 g/mol. The van der Waals surface area contributed by atoms with Crippen LogP contribution in [-0.2, 0) is 11.3 Å². The van der Waals surface area contributed by atoms with Crippen molar-refractivity contribution in [3.8, 4) is 5.75 Å². The van der Waals surface area contributed by atoms with Gasteiger partial charge >= 0.3 is 5.97 Å². The Morgan fingerprint density at radius 2 is 1.71 bits per heavy atom. The van der Waals surface area contributed by atoms with Gasteiger partial charge in [0.2, 0.25) is 0 Å². The first kappa shape index (κ1) is 14.8. The second kappa shape index (κ2) is 7.24. The van der Waals surface area contributed by atoms with Crippen LogP contribution in [0.25, 0.3) is 0 Å². The van der Waals surface area contributed by atoms with Gasteiger partial charge in [0.25, 0.3) is 0 Å². The molecule has 0 aliphatic heterocycles. The van der Waals surface area contributed by atoms with Gasteiger partial charge in [-0.3, -0.25) is 4.79 Å². The number of carbonyl (C=O) groups is 2. The molecule has 0 saturated heterocycles. The Bertz CT molecular complexity index is 600. The van der Waals surface area contributed by atoms with Gasteiger partial charge < -0.3 is 9.47 Å². The molecule has 0 N–H and O–H groups in total. The van der Waals surface area contributed by atoms with Crippen molar-refractivity contribution in [1.29, 1.82) is 0 Å². The van der Waals surface area contributed by atoms with Gasteiger partial charge in [0.05, 0.1) is 12.2 Å². The smallest absolute Gasteiger partial charge is 0.338 e. The molecule has 0 aromatic heterocycles. The molecule has 0 aliphatic rings. The number of aldehydes is 1. The molecule has 0 heterocycles. The highest BCUT2D eigenvalue weighted by atomic mass is 16.5. The second-order valence-corrected chi connectivity index (χ2v) is 4.39. The molecular formula is C17H16O4. The molecule has 4 heteroatoms. The zero-order chi connectivity index (χ0) is 15.1. The predicted molar refractivity (Wildman–Crippen MR) is 78.6 cm³/mol. The summed E-state index contributed by atoms with van der Waals surface area (Å²) in [5, 5.41) is 0. The number of carbonyl (C=O) groups excluding carboxylic acids is 2. The van der Waals surface area contributed by atoms with Gasteiger partial charge in [-0.2, -0.15) is 0 Å². The molecule has 0 atom stereocenters. The zero-order valence-electron chi connectivity index (χ0n) is 11.7. The molecule has 0 bridgehead atoms. The van der Waals surface area contributed by atoms with Crippen molar-refractivity contribution < 1.29 is 19.1 Å². The highest BCUT2D eigenvalue weighted by molar-refractivity contribution is 5.89. The van der Waals surface area contributed by atoms with Crippen LogP contribution in [0.5, 0.6) is 5.75 Å². The van der Waals surface area contributed by atoms with Crippen molar-refractivity contribution in [3.63, 3.8) is 0 Å². The van der Waals surface area contributed by atoms with E-state index in [1.807, 2.05) is 12.1 Å². The minimum Gasteiger partial charge on any atom is -0.489 e. The summed E-state index contributed by atoms with van der Waals surface area (Å²) in [6.07, 6.45) is 0.804. The van der Waals surface area contributed by atoms with Gasteiger partial charge in [0, 0.05) is 5.56 Å². The van der Waals surface area contributed by atoms with Gasteiger partial charge in [0.15, 0.2) is 0 Å². The second-order valence-electron chi connectivity index (χ2n) is 4.39. The van der Waals surface area contributed by atoms with Crippen LogP contribution in [0, 0.1) is 0 Å². The Labute approximate surface area is 123 Å². The first-order valence-corrected chi connectivity index (χ1v) is 6.67. The molecule has 0 fully saturated rings. The summed E-state index contributed by atoms with van der Waals surface area (Å²) in [5.41, 5.74) is 2.10. The van der Waals surface area contributed by atoms with E-state index in [4.69, 9.17) is 9.47 Å². The van der Waals surface area contributed by atoms with E-state index >= 15 is 0 Å². The van der Waals surface area contributed by atoms with Crippen molar-refractivity contribution >= 4 is 12.3 Å². The lowest BCUT2D eigenvalue weighted by Gasteiger charge is -2.07. The Morgan fingerprint density at radius 1 is 1.05 bits per heavy atom. The highest BCUT2D eigenvalue weighted by Gasteiger charge is 2.05. The third kappa shape index (κ3) is 4.18. The molecule has 0 unspecified atom stereocenters. The lowest BCUT2D eigenvalue weighted by molar-refractivity contribution is 0.0526. The molecule has 2 aromatic rings. The maximum absolute atomic E-state index is 11.5. The summed E-state index contributed by atoms with van der Waals surface area (Å²) in [6.45, 7) is 2.52. The van der Waals surface area contributed by atoms with Crippen LogP contribution in [0.4, 0.5) is 0 Å². The van der Waals surface area contributed by atoms with Gasteiger partial charge in [-0.15, -0.1) is 0 Å². The van der Waals surface area contributed by atoms with E-state index in [0.717, 1.165) is 11.8 Å². The number of ether oxygens (including phenoxy) is 2. The van der Waals surface area contributed by atoms with Crippen LogP contribution in [0.2, 0.25) is 0 Å². The van der Waals surface area contributed by atoms with E-state index in [2.05, 4.69) is 0 Å². The van der Waals surface area contributed by atoms with Gasteiger partial charge in [-0.1, -0.05) is 24.3 Å². The molecule has 0 spiro atoms. The molecule has 2 aromatic carbocycles. The van der Waals surface area contributed by atoms with Crippen molar-refractivity contribution in [3.05, 3.63) is 65.2 Å². The Hall–Kier alpha value is -2.62. The average Bonchev–Trinajstić information content (AvgIpc) is 2.54. The predicted octanol–water partition coefficient (Wildman–Crippen LogP) is 3.25. The molecule has 108 valence electrons. The fraction of sp³-hybridized carbons (Fsp3) is 0.176. The van der Waals surface area contributed by atoms with Crippen molar-refractivity contribution in [2.24, 2.45) is 0 Å². The van der Waals surface area contributed by atoms with Gasteiger partial charge in [-0.25, -0.2) is 4.79 Å². The van der Waals surface area contributed by atoms with Crippen LogP contribution >= 0.6 is 0 Å². The van der Waals surface area contributed by atoms with E-state index < -0.39 is 0 Å². The topological polar surface area (TPSA) is 52.6 Å². The number of benzene rings is 2. The number of hydrogen-bond donors (Lipinski definition) is 0. The SMILES string of the molecule is CCOC(=O)c1ccc(OCc2ccc(C=O)cc2)cc1. The van der Waals surface area contributed by atoms with E-state index in [-0.39, 0.29) is 5.97 Å². The molecule has 0 radical (unpaired) electrons. The van der Waals surface area contributed by atoms with Crippen molar-refractivity contribution in [2.45, 2.75) is 13.5 Å². The molecule has 2 rings (SSSR count). The van der Waals surface area contributed by atoms with Crippen molar-refractivity contribution in [1.82, 2.24) is 0 Å². The quantitative estimate of drug-likeness (QED) is 0.603. The largest absolute Gasteiger partial charge is 0.489 e. The maximum atomic E-state index is 11.5. The third-order valence-corrected chi connectivity index (χ3v) is 2.89. The summed E-state index contributed by atoms with van der Waals surface area (Å²) in [6, 6.07) is 14.0. The normalized spacial score (nSPS) is 9.95. The summed E-state index contributed by atoms with van der Waals surface area (Å²) < 4.78 is 10.5. The lowest BCUT2D eigenvalue weighted by atomic mass is 10.1. The van der Waals surface area contributed by atoms with Gasteiger partial charge in [0.1, 0.15) is 18.6 Å². The first-order valence-electron chi connectivity index (χ1n) is 6.67. The molecule has 4 nitrogen and oxygen atoms in total. The third-order valence-electron chi connectivity index (χ3n) is 2.89. The van der Waals surface area contributed by atoms with Crippen LogP contribution in [0.15, 0.2) is 48.5 Å². The Morgan fingerprint density at radius 3 is 2.29 bits per heavy atom. The molecular weight excluding hydrogens is 268 g/mol. The summed E-state index contributed by atoms with van der Waals surface area (Å²) in [7, 11) is 0.